The average molecular weight is 436 g/mol. The SMILES string of the molecule is CC[C@H](NC(=O)O[C@@H](C)c1cccnc1)c1ccc(C(=O)Nc2ccccc2S)cc1. The molecule has 0 bridgehead atoms. The Kier molecular flexibility index (Phi) is 7.67. The molecule has 3 rings (SSSR count). The number of carbonyl (C=O) groups is 2. The normalized spacial score (nSPS) is 12.5. The van der Waals surface area contributed by atoms with Crippen LogP contribution >= 0.6 is 12.6 Å². The smallest absolute Gasteiger partial charge is 0.408 e. The van der Waals surface area contributed by atoms with Crippen LogP contribution in [0, 0.1) is 0 Å². The first kappa shape index (κ1) is 22.4. The van der Waals surface area contributed by atoms with Crippen LogP contribution in [0.15, 0.2) is 78.0 Å². The number of benzene rings is 2. The van der Waals surface area contributed by atoms with Crippen molar-refractivity contribution in [1.82, 2.24) is 10.3 Å². The molecule has 2 aromatic carbocycles. The van der Waals surface area contributed by atoms with Gasteiger partial charge in [0.15, 0.2) is 0 Å². The molecular formula is C24H25N3O3S. The maximum absolute atomic E-state index is 12.5. The lowest BCUT2D eigenvalue weighted by Gasteiger charge is -2.20. The molecule has 6 nitrogen and oxygen atoms in total. The predicted molar refractivity (Wildman–Crippen MR) is 123 cm³/mol. The van der Waals surface area contributed by atoms with E-state index in [0.29, 0.717) is 22.6 Å². The summed E-state index contributed by atoms with van der Waals surface area (Å²) in [6.07, 6.45) is 3.10. The number of para-hydroxylation sites is 1. The summed E-state index contributed by atoms with van der Waals surface area (Å²) >= 11 is 4.35. The van der Waals surface area contributed by atoms with Crippen LogP contribution in [0.3, 0.4) is 0 Å². The zero-order valence-electron chi connectivity index (χ0n) is 17.4. The Labute approximate surface area is 187 Å². The second-order valence-corrected chi connectivity index (χ2v) is 7.51. The third kappa shape index (κ3) is 6.08. The Morgan fingerprint density at radius 3 is 2.42 bits per heavy atom. The number of alkyl carbamates (subject to hydrolysis) is 1. The molecule has 0 unspecified atom stereocenters. The van der Waals surface area contributed by atoms with E-state index in [1.54, 1.807) is 43.6 Å². The van der Waals surface area contributed by atoms with Gasteiger partial charge >= 0.3 is 6.09 Å². The van der Waals surface area contributed by atoms with Crippen LogP contribution in [0.5, 0.6) is 0 Å². The number of amides is 2. The summed E-state index contributed by atoms with van der Waals surface area (Å²) in [4.78, 5) is 29.6. The lowest BCUT2D eigenvalue weighted by molar-refractivity contribution is 0.102. The van der Waals surface area contributed by atoms with Crippen LogP contribution in [0.4, 0.5) is 10.5 Å². The standard InChI is InChI=1S/C24H25N3O3S/c1-3-20(27-24(29)30-16(2)19-7-6-14-25-15-19)17-10-12-18(13-11-17)23(28)26-21-8-4-5-9-22(21)31/h4-16,20,31H,3H2,1-2H3,(H,26,28)(H,27,29)/t16-,20-/m0/s1. The number of anilines is 1. The van der Waals surface area contributed by atoms with Gasteiger partial charge < -0.3 is 15.4 Å². The van der Waals surface area contributed by atoms with Crippen molar-refractivity contribution < 1.29 is 14.3 Å². The minimum Gasteiger partial charge on any atom is -0.442 e. The summed E-state index contributed by atoms with van der Waals surface area (Å²) < 4.78 is 5.47. The highest BCUT2D eigenvalue weighted by Gasteiger charge is 2.17. The van der Waals surface area contributed by atoms with Crippen LogP contribution in [-0.4, -0.2) is 17.0 Å². The van der Waals surface area contributed by atoms with Crippen molar-refractivity contribution in [1.29, 1.82) is 0 Å². The summed E-state index contributed by atoms with van der Waals surface area (Å²) in [5.74, 6) is -0.223. The molecule has 0 radical (unpaired) electrons. The van der Waals surface area contributed by atoms with E-state index in [0.717, 1.165) is 11.1 Å². The molecule has 1 aromatic heterocycles. The number of rotatable bonds is 7. The minimum atomic E-state index is -0.504. The lowest BCUT2D eigenvalue weighted by Crippen LogP contribution is -2.29. The van der Waals surface area contributed by atoms with Crippen molar-refractivity contribution in [3.8, 4) is 0 Å². The van der Waals surface area contributed by atoms with Gasteiger partial charge in [-0.2, -0.15) is 0 Å². The quantitative estimate of drug-likeness (QED) is 0.424. The molecule has 0 saturated heterocycles. The fourth-order valence-electron chi connectivity index (χ4n) is 3.08. The molecular weight excluding hydrogens is 410 g/mol. The van der Waals surface area contributed by atoms with Gasteiger partial charge in [-0.3, -0.25) is 9.78 Å². The molecule has 31 heavy (non-hydrogen) atoms. The molecule has 0 aliphatic carbocycles. The molecule has 3 aromatic rings. The molecule has 0 fully saturated rings. The van der Waals surface area contributed by atoms with Crippen molar-refractivity contribution in [3.05, 3.63) is 89.7 Å². The number of hydrogen-bond donors (Lipinski definition) is 3. The predicted octanol–water partition coefficient (Wildman–Crippen LogP) is 5.56. The fraction of sp³-hybridized carbons (Fsp3) is 0.208. The first-order valence-electron chi connectivity index (χ1n) is 10.0. The van der Waals surface area contributed by atoms with Crippen LogP contribution < -0.4 is 10.6 Å². The van der Waals surface area contributed by atoms with E-state index in [1.165, 1.54) is 0 Å². The van der Waals surface area contributed by atoms with Crippen molar-refractivity contribution >= 4 is 30.3 Å². The highest BCUT2D eigenvalue weighted by atomic mass is 32.1. The van der Waals surface area contributed by atoms with E-state index in [-0.39, 0.29) is 11.9 Å². The molecule has 2 atom stereocenters. The maximum Gasteiger partial charge on any atom is 0.408 e. The van der Waals surface area contributed by atoms with E-state index >= 15 is 0 Å². The zero-order chi connectivity index (χ0) is 22.2. The van der Waals surface area contributed by atoms with Crippen molar-refractivity contribution in [3.63, 3.8) is 0 Å². The van der Waals surface area contributed by atoms with Gasteiger partial charge in [0.2, 0.25) is 0 Å². The van der Waals surface area contributed by atoms with Gasteiger partial charge in [0.1, 0.15) is 6.10 Å². The van der Waals surface area contributed by atoms with E-state index in [9.17, 15) is 9.59 Å². The first-order valence-corrected chi connectivity index (χ1v) is 10.5. The molecule has 0 aliphatic heterocycles. The van der Waals surface area contributed by atoms with E-state index in [2.05, 4.69) is 28.2 Å². The summed E-state index contributed by atoms with van der Waals surface area (Å²) in [5, 5.41) is 5.74. The second kappa shape index (κ2) is 10.6. The van der Waals surface area contributed by atoms with E-state index in [1.807, 2.05) is 43.3 Å². The summed E-state index contributed by atoms with van der Waals surface area (Å²) in [6, 6.07) is 17.9. The van der Waals surface area contributed by atoms with E-state index in [4.69, 9.17) is 4.74 Å². The van der Waals surface area contributed by atoms with Crippen LogP contribution in [-0.2, 0) is 4.74 Å². The number of nitrogens with zero attached hydrogens (tertiary/aromatic N) is 1. The Morgan fingerprint density at radius 1 is 1.03 bits per heavy atom. The fourth-order valence-corrected chi connectivity index (χ4v) is 3.30. The number of pyridine rings is 1. The molecule has 7 heteroatoms. The zero-order valence-corrected chi connectivity index (χ0v) is 18.3. The largest absolute Gasteiger partial charge is 0.442 e. The van der Waals surface area contributed by atoms with Crippen LogP contribution in [0.25, 0.3) is 0 Å². The molecule has 0 spiro atoms. The Morgan fingerprint density at radius 2 is 1.77 bits per heavy atom. The van der Waals surface area contributed by atoms with E-state index < -0.39 is 12.2 Å². The maximum atomic E-state index is 12.5. The molecule has 0 saturated carbocycles. The topological polar surface area (TPSA) is 80.3 Å². The number of nitrogens with one attached hydrogen (secondary N) is 2. The third-order valence-electron chi connectivity index (χ3n) is 4.87. The third-order valence-corrected chi connectivity index (χ3v) is 5.26. The first-order chi connectivity index (χ1) is 15.0. The number of hydrogen-bond acceptors (Lipinski definition) is 5. The van der Waals surface area contributed by atoms with Gasteiger partial charge in [-0.05, 0) is 49.2 Å². The van der Waals surface area contributed by atoms with Crippen LogP contribution in [0.1, 0.15) is 53.9 Å². The molecule has 0 aliphatic rings. The molecule has 160 valence electrons. The number of thiol groups is 1. The van der Waals surface area contributed by atoms with Gasteiger partial charge in [0.05, 0.1) is 11.7 Å². The van der Waals surface area contributed by atoms with Crippen LogP contribution in [0.2, 0.25) is 0 Å². The minimum absolute atomic E-state index is 0.223. The highest BCUT2D eigenvalue weighted by Crippen LogP contribution is 2.22. The summed E-state index contributed by atoms with van der Waals surface area (Å²) in [6.45, 7) is 3.77. The van der Waals surface area contributed by atoms with Gasteiger partial charge in [-0.1, -0.05) is 37.3 Å². The van der Waals surface area contributed by atoms with Gasteiger partial charge in [0, 0.05) is 28.4 Å². The summed E-state index contributed by atoms with van der Waals surface area (Å²) in [5.41, 5.74) is 2.88. The molecule has 2 N–H and O–H groups in total. The highest BCUT2D eigenvalue weighted by molar-refractivity contribution is 7.80. The number of ether oxygens (including phenoxy) is 1. The second-order valence-electron chi connectivity index (χ2n) is 7.03. The Bertz CT molecular complexity index is 1030. The van der Waals surface area contributed by atoms with Crippen molar-refractivity contribution in [2.45, 2.75) is 37.3 Å². The average Bonchev–Trinajstić information content (AvgIpc) is 2.79. The monoisotopic (exact) mass is 435 g/mol. The number of carbonyl (C=O) groups excluding carboxylic acids is 2. The van der Waals surface area contributed by atoms with Crippen molar-refractivity contribution in [2.75, 3.05) is 5.32 Å². The van der Waals surface area contributed by atoms with Gasteiger partial charge in [-0.25, -0.2) is 4.79 Å². The summed E-state index contributed by atoms with van der Waals surface area (Å²) in [7, 11) is 0. The number of aromatic nitrogens is 1. The lowest BCUT2D eigenvalue weighted by atomic mass is 10.0. The Balaban J connectivity index is 1.61. The molecule has 1 heterocycles. The van der Waals surface area contributed by atoms with Gasteiger partial charge in [0.25, 0.3) is 5.91 Å². The van der Waals surface area contributed by atoms with Crippen molar-refractivity contribution in [2.24, 2.45) is 0 Å². The van der Waals surface area contributed by atoms with Gasteiger partial charge in [-0.15, -0.1) is 12.6 Å². The molecule has 2 amide bonds. The Hall–Kier alpha value is -3.32.